The first-order valence-corrected chi connectivity index (χ1v) is 6.68. The van der Waals surface area contributed by atoms with Gasteiger partial charge in [-0.2, -0.15) is 0 Å². The second-order valence-corrected chi connectivity index (χ2v) is 5.20. The standard InChI is InChI=1S/C13H16N4S/c1-8-4-16-13(17-5-8)18-7-11-10(3)12(14)9(2)6-15-11/h4-6H,7H2,1-3H3,(H2,14,15). The maximum atomic E-state index is 5.99. The third-order valence-corrected chi connectivity index (χ3v) is 3.66. The van der Waals surface area contributed by atoms with Crippen molar-refractivity contribution in [2.24, 2.45) is 0 Å². The van der Waals surface area contributed by atoms with Crippen LogP contribution in [-0.2, 0) is 5.75 Å². The quantitative estimate of drug-likeness (QED) is 0.679. The molecule has 0 fully saturated rings. The van der Waals surface area contributed by atoms with Crippen molar-refractivity contribution < 1.29 is 0 Å². The van der Waals surface area contributed by atoms with Gasteiger partial charge in [0.15, 0.2) is 5.16 Å². The molecule has 0 radical (unpaired) electrons. The third-order valence-electron chi connectivity index (χ3n) is 2.77. The number of aromatic nitrogens is 3. The van der Waals surface area contributed by atoms with Gasteiger partial charge in [-0.1, -0.05) is 11.8 Å². The summed E-state index contributed by atoms with van der Waals surface area (Å²) >= 11 is 1.57. The first-order valence-electron chi connectivity index (χ1n) is 5.70. The molecule has 0 aliphatic rings. The average Bonchev–Trinajstić information content (AvgIpc) is 2.37. The number of hydrogen-bond acceptors (Lipinski definition) is 5. The Morgan fingerprint density at radius 1 is 1.06 bits per heavy atom. The molecule has 2 aromatic rings. The summed E-state index contributed by atoms with van der Waals surface area (Å²) in [5, 5.41) is 0.765. The van der Waals surface area contributed by atoms with Gasteiger partial charge in [0, 0.05) is 30.0 Å². The summed E-state index contributed by atoms with van der Waals surface area (Å²) < 4.78 is 0. The summed E-state index contributed by atoms with van der Waals surface area (Å²) in [6.07, 6.45) is 5.45. The van der Waals surface area contributed by atoms with Gasteiger partial charge in [0.1, 0.15) is 0 Å². The predicted molar refractivity (Wildman–Crippen MR) is 74.5 cm³/mol. The van der Waals surface area contributed by atoms with Gasteiger partial charge < -0.3 is 5.73 Å². The largest absolute Gasteiger partial charge is 0.398 e. The number of thioether (sulfide) groups is 1. The zero-order valence-corrected chi connectivity index (χ0v) is 11.6. The molecule has 0 saturated heterocycles. The van der Waals surface area contributed by atoms with Gasteiger partial charge in [0.05, 0.1) is 5.69 Å². The molecule has 0 saturated carbocycles. The van der Waals surface area contributed by atoms with Gasteiger partial charge in [-0.3, -0.25) is 4.98 Å². The van der Waals surface area contributed by atoms with Gasteiger partial charge in [-0.15, -0.1) is 0 Å². The molecular formula is C13H16N4S. The summed E-state index contributed by atoms with van der Waals surface area (Å²) in [5.41, 5.74) is 10.9. The Bertz CT molecular complexity index is 552. The van der Waals surface area contributed by atoms with Crippen molar-refractivity contribution in [2.75, 3.05) is 5.73 Å². The van der Waals surface area contributed by atoms with Crippen LogP contribution in [0, 0.1) is 20.8 Å². The lowest BCUT2D eigenvalue weighted by Crippen LogP contribution is -2.01. The highest BCUT2D eigenvalue weighted by atomic mass is 32.2. The average molecular weight is 260 g/mol. The smallest absolute Gasteiger partial charge is 0.187 e. The number of aryl methyl sites for hydroxylation is 2. The molecule has 18 heavy (non-hydrogen) atoms. The molecule has 2 N–H and O–H groups in total. The maximum Gasteiger partial charge on any atom is 0.187 e. The molecule has 0 bridgehead atoms. The van der Waals surface area contributed by atoms with Crippen molar-refractivity contribution in [1.29, 1.82) is 0 Å². The fraction of sp³-hybridized carbons (Fsp3) is 0.308. The molecule has 4 nitrogen and oxygen atoms in total. The van der Waals surface area contributed by atoms with Crippen molar-refractivity contribution in [1.82, 2.24) is 15.0 Å². The minimum absolute atomic E-state index is 0.735. The zero-order chi connectivity index (χ0) is 13.1. The summed E-state index contributed by atoms with van der Waals surface area (Å²) in [6.45, 7) is 5.94. The van der Waals surface area contributed by atoms with E-state index in [1.165, 1.54) is 0 Å². The van der Waals surface area contributed by atoms with Crippen molar-refractivity contribution >= 4 is 17.4 Å². The van der Waals surface area contributed by atoms with Gasteiger partial charge in [0.2, 0.25) is 0 Å². The molecule has 0 aliphatic carbocycles. The van der Waals surface area contributed by atoms with E-state index in [1.807, 2.05) is 39.4 Å². The fourth-order valence-electron chi connectivity index (χ4n) is 1.53. The molecule has 0 aromatic carbocycles. The van der Waals surface area contributed by atoms with Crippen LogP contribution < -0.4 is 5.73 Å². The number of nitrogens with two attached hydrogens (primary N) is 1. The fourth-order valence-corrected chi connectivity index (χ4v) is 2.34. The lowest BCUT2D eigenvalue weighted by molar-refractivity contribution is 0.947. The Morgan fingerprint density at radius 2 is 1.72 bits per heavy atom. The summed E-state index contributed by atoms with van der Waals surface area (Å²) in [6, 6.07) is 0. The van der Waals surface area contributed by atoms with Crippen LogP contribution in [0.4, 0.5) is 5.69 Å². The first-order chi connectivity index (χ1) is 8.58. The zero-order valence-electron chi connectivity index (χ0n) is 10.8. The highest BCUT2D eigenvalue weighted by Crippen LogP contribution is 2.24. The monoisotopic (exact) mass is 260 g/mol. The van der Waals surface area contributed by atoms with E-state index < -0.39 is 0 Å². The predicted octanol–water partition coefficient (Wildman–Crippen LogP) is 2.67. The van der Waals surface area contributed by atoms with Gasteiger partial charge >= 0.3 is 0 Å². The number of hydrogen-bond donors (Lipinski definition) is 1. The molecule has 0 atom stereocenters. The number of nitrogen functional groups attached to an aromatic ring is 1. The van der Waals surface area contributed by atoms with E-state index in [0.717, 1.165) is 39.0 Å². The van der Waals surface area contributed by atoms with Crippen molar-refractivity contribution in [3.05, 3.63) is 41.0 Å². The highest BCUT2D eigenvalue weighted by Gasteiger charge is 2.07. The lowest BCUT2D eigenvalue weighted by atomic mass is 10.1. The van der Waals surface area contributed by atoms with Crippen molar-refractivity contribution in [3.8, 4) is 0 Å². The Morgan fingerprint density at radius 3 is 2.39 bits per heavy atom. The Balaban J connectivity index is 2.11. The van der Waals surface area contributed by atoms with E-state index in [9.17, 15) is 0 Å². The van der Waals surface area contributed by atoms with Gasteiger partial charge in [-0.05, 0) is 37.5 Å². The minimum Gasteiger partial charge on any atom is -0.398 e. The summed E-state index contributed by atoms with van der Waals surface area (Å²) in [7, 11) is 0. The molecular weight excluding hydrogens is 244 g/mol. The minimum atomic E-state index is 0.735. The van der Waals surface area contributed by atoms with Crippen molar-refractivity contribution in [3.63, 3.8) is 0 Å². The van der Waals surface area contributed by atoms with Crippen LogP contribution in [0.25, 0.3) is 0 Å². The van der Waals surface area contributed by atoms with E-state index in [4.69, 9.17) is 5.73 Å². The Labute approximate surface area is 111 Å². The lowest BCUT2D eigenvalue weighted by Gasteiger charge is -2.09. The Kier molecular flexibility index (Phi) is 3.81. The molecule has 2 aromatic heterocycles. The second kappa shape index (κ2) is 5.35. The number of pyridine rings is 1. The maximum absolute atomic E-state index is 5.99. The highest BCUT2D eigenvalue weighted by molar-refractivity contribution is 7.98. The molecule has 94 valence electrons. The summed E-state index contributed by atoms with van der Waals surface area (Å²) in [5.74, 6) is 0.735. The first kappa shape index (κ1) is 12.8. The van der Waals surface area contributed by atoms with E-state index in [0.29, 0.717) is 0 Å². The van der Waals surface area contributed by atoms with Crippen LogP contribution in [0.5, 0.6) is 0 Å². The van der Waals surface area contributed by atoms with Crippen LogP contribution >= 0.6 is 11.8 Å². The van der Waals surface area contributed by atoms with Crippen LogP contribution in [0.1, 0.15) is 22.4 Å². The second-order valence-electron chi connectivity index (χ2n) is 4.26. The molecule has 0 amide bonds. The van der Waals surface area contributed by atoms with E-state index in [-0.39, 0.29) is 0 Å². The normalized spacial score (nSPS) is 10.6. The third kappa shape index (κ3) is 2.79. The van der Waals surface area contributed by atoms with Gasteiger partial charge in [0.25, 0.3) is 0 Å². The van der Waals surface area contributed by atoms with Crippen LogP contribution in [0.2, 0.25) is 0 Å². The topological polar surface area (TPSA) is 64.7 Å². The molecule has 0 aliphatic heterocycles. The molecule has 0 spiro atoms. The summed E-state index contributed by atoms with van der Waals surface area (Å²) in [4.78, 5) is 12.9. The molecule has 2 heterocycles. The number of nitrogens with zero attached hydrogens (tertiary/aromatic N) is 3. The Hall–Kier alpha value is -1.62. The molecule has 5 heteroatoms. The van der Waals surface area contributed by atoms with Gasteiger partial charge in [-0.25, -0.2) is 9.97 Å². The SMILES string of the molecule is Cc1cnc(SCc2ncc(C)c(N)c2C)nc1. The number of anilines is 1. The van der Waals surface area contributed by atoms with Crippen LogP contribution in [0.15, 0.2) is 23.7 Å². The van der Waals surface area contributed by atoms with Crippen molar-refractivity contribution in [2.45, 2.75) is 31.7 Å². The van der Waals surface area contributed by atoms with E-state index in [1.54, 1.807) is 11.8 Å². The van der Waals surface area contributed by atoms with Crippen LogP contribution in [0.3, 0.4) is 0 Å². The van der Waals surface area contributed by atoms with E-state index >= 15 is 0 Å². The molecule has 0 unspecified atom stereocenters. The number of rotatable bonds is 3. The molecule has 2 rings (SSSR count). The van der Waals surface area contributed by atoms with Crippen LogP contribution in [-0.4, -0.2) is 15.0 Å². The van der Waals surface area contributed by atoms with E-state index in [2.05, 4.69) is 15.0 Å².